The third-order valence-corrected chi connectivity index (χ3v) is 10.4. The largest absolute Gasteiger partial charge is 0.456 e. The first-order valence-corrected chi connectivity index (χ1v) is 17.3. The summed E-state index contributed by atoms with van der Waals surface area (Å²) in [6.45, 7) is 0. The Hall–Kier alpha value is -6.84. The van der Waals surface area contributed by atoms with Gasteiger partial charge >= 0.3 is 0 Å². The van der Waals surface area contributed by atoms with E-state index in [9.17, 15) is 0 Å². The normalized spacial score (nSPS) is 11.9. The third kappa shape index (κ3) is 4.32. The lowest BCUT2D eigenvalue weighted by Crippen LogP contribution is -2.10. The molecule has 0 saturated heterocycles. The summed E-state index contributed by atoms with van der Waals surface area (Å²) in [7, 11) is 0. The second-order valence-corrected chi connectivity index (χ2v) is 13.3. The van der Waals surface area contributed by atoms with Gasteiger partial charge in [0.2, 0.25) is 0 Å². The summed E-state index contributed by atoms with van der Waals surface area (Å²) in [4.78, 5) is 2.37. The molecule has 0 atom stereocenters. The minimum Gasteiger partial charge on any atom is -0.456 e. The fourth-order valence-corrected chi connectivity index (χ4v) is 8.02. The van der Waals surface area contributed by atoms with Crippen LogP contribution in [0, 0.1) is 0 Å². The lowest BCUT2D eigenvalue weighted by molar-refractivity contribution is 0.668. The molecule has 0 aliphatic carbocycles. The molecule has 0 fully saturated rings. The summed E-state index contributed by atoms with van der Waals surface area (Å²) < 4.78 is 12.7. The molecule has 0 saturated carbocycles. The zero-order valence-corrected chi connectivity index (χ0v) is 27.5. The highest BCUT2D eigenvalue weighted by Gasteiger charge is 2.20. The molecule has 2 aromatic heterocycles. The fourth-order valence-electron chi connectivity index (χ4n) is 8.02. The zero-order valence-electron chi connectivity index (χ0n) is 27.5. The molecule has 0 aliphatic rings. The summed E-state index contributed by atoms with van der Waals surface area (Å²) >= 11 is 0. The molecular formula is C48H29NO2. The average molecular weight is 652 g/mol. The molecule has 3 heteroatoms. The Morgan fingerprint density at radius 1 is 0.294 bits per heavy atom. The number of benzene rings is 9. The standard InChI is InChI=1S/C48H29NO2/c1-2-11-33(12-3-1)49(44-29-41-35-13-5-4-10-30(35)18-22-37(41)36-14-6-7-15-38(36)44)34-21-23-40-43-27-32(20-25-47(43)51-48(40)28-34)31-19-24-46-42(26-31)39-16-8-9-17-45(39)50-46/h1-29H. The van der Waals surface area contributed by atoms with E-state index in [0.29, 0.717) is 0 Å². The molecule has 11 rings (SSSR count). The number of rotatable bonds is 4. The lowest BCUT2D eigenvalue weighted by Gasteiger charge is -2.27. The predicted octanol–water partition coefficient (Wildman–Crippen LogP) is 14.1. The van der Waals surface area contributed by atoms with Crippen molar-refractivity contribution < 1.29 is 8.83 Å². The Bertz CT molecular complexity index is 3150. The molecular weight excluding hydrogens is 623 g/mol. The van der Waals surface area contributed by atoms with Crippen molar-refractivity contribution in [1.82, 2.24) is 0 Å². The van der Waals surface area contributed by atoms with Gasteiger partial charge in [-0.3, -0.25) is 0 Å². The van der Waals surface area contributed by atoms with Gasteiger partial charge in [-0.05, 0) is 98.7 Å². The maximum absolute atomic E-state index is 6.60. The van der Waals surface area contributed by atoms with Crippen molar-refractivity contribution in [3.05, 3.63) is 176 Å². The number of hydrogen-bond donors (Lipinski definition) is 0. The number of nitrogens with zero attached hydrogens (tertiary/aromatic N) is 1. The third-order valence-electron chi connectivity index (χ3n) is 10.4. The van der Waals surface area contributed by atoms with Crippen LogP contribution in [-0.2, 0) is 0 Å². The van der Waals surface area contributed by atoms with E-state index >= 15 is 0 Å². The van der Waals surface area contributed by atoms with Gasteiger partial charge in [0, 0.05) is 44.4 Å². The van der Waals surface area contributed by atoms with E-state index in [2.05, 4.69) is 169 Å². The van der Waals surface area contributed by atoms with Crippen molar-refractivity contribution >= 4 is 93.3 Å². The summed E-state index contributed by atoms with van der Waals surface area (Å²) in [5.74, 6) is 0. The minimum absolute atomic E-state index is 0.854. The van der Waals surface area contributed by atoms with Crippen molar-refractivity contribution in [2.24, 2.45) is 0 Å². The minimum atomic E-state index is 0.854. The van der Waals surface area contributed by atoms with Crippen LogP contribution in [-0.4, -0.2) is 0 Å². The zero-order chi connectivity index (χ0) is 33.5. The van der Waals surface area contributed by atoms with Crippen LogP contribution in [0.5, 0.6) is 0 Å². The Morgan fingerprint density at radius 3 is 1.65 bits per heavy atom. The first-order chi connectivity index (χ1) is 25.3. The van der Waals surface area contributed by atoms with Gasteiger partial charge in [-0.1, -0.05) is 109 Å². The second kappa shape index (κ2) is 10.8. The highest BCUT2D eigenvalue weighted by molar-refractivity contribution is 6.21. The number of fused-ring (bicyclic) bond motifs is 11. The van der Waals surface area contributed by atoms with E-state index in [1.807, 2.05) is 12.1 Å². The molecule has 0 radical (unpaired) electrons. The van der Waals surface area contributed by atoms with Crippen LogP contribution in [0.3, 0.4) is 0 Å². The first-order valence-electron chi connectivity index (χ1n) is 17.3. The summed E-state index contributed by atoms with van der Waals surface area (Å²) in [5.41, 5.74) is 9.07. The molecule has 9 aromatic carbocycles. The molecule has 238 valence electrons. The van der Waals surface area contributed by atoms with Crippen LogP contribution in [0.15, 0.2) is 185 Å². The van der Waals surface area contributed by atoms with Gasteiger partial charge < -0.3 is 13.7 Å². The molecule has 0 spiro atoms. The van der Waals surface area contributed by atoms with Crippen LogP contribution in [0.1, 0.15) is 0 Å². The van der Waals surface area contributed by atoms with E-state index in [-0.39, 0.29) is 0 Å². The SMILES string of the molecule is c1ccc(N(c2ccc3c(c2)oc2ccc(-c4ccc5oc6ccccc6c5c4)cc23)c2cc3c4ccccc4ccc3c3ccccc23)cc1. The summed E-state index contributed by atoms with van der Waals surface area (Å²) in [6, 6.07) is 62.7. The van der Waals surface area contributed by atoms with E-state index in [1.165, 1.54) is 32.3 Å². The van der Waals surface area contributed by atoms with E-state index < -0.39 is 0 Å². The van der Waals surface area contributed by atoms with Gasteiger partial charge in [-0.2, -0.15) is 0 Å². The second-order valence-electron chi connectivity index (χ2n) is 13.3. The monoisotopic (exact) mass is 651 g/mol. The van der Waals surface area contributed by atoms with Crippen molar-refractivity contribution in [2.75, 3.05) is 4.90 Å². The maximum Gasteiger partial charge on any atom is 0.137 e. The van der Waals surface area contributed by atoms with Crippen LogP contribution in [0.2, 0.25) is 0 Å². The Balaban J connectivity index is 1.10. The topological polar surface area (TPSA) is 29.5 Å². The van der Waals surface area contributed by atoms with E-state index in [0.717, 1.165) is 72.1 Å². The lowest BCUT2D eigenvalue weighted by atomic mass is 9.95. The maximum atomic E-state index is 6.60. The van der Waals surface area contributed by atoms with Crippen LogP contribution >= 0.6 is 0 Å². The Labute approximate surface area is 293 Å². The molecule has 2 heterocycles. The van der Waals surface area contributed by atoms with Crippen molar-refractivity contribution in [3.8, 4) is 11.1 Å². The van der Waals surface area contributed by atoms with Crippen molar-refractivity contribution in [2.45, 2.75) is 0 Å². The molecule has 0 unspecified atom stereocenters. The van der Waals surface area contributed by atoms with Gasteiger partial charge in [0.15, 0.2) is 0 Å². The van der Waals surface area contributed by atoms with E-state index in [4.69, 9.17) is 8.83 Å². The van der Waals surface area contributed by atoms with Crippen LogP contribution in [0.25, 0.3) is 87.3 Å². The number of para-hydroxylation sites is 2. The molecule has 3 nitrogen and oxygen atoms in total. The van der Waals surface area contributed by atoms with Gasteiger partial charge in [-0.15, -0.1) is 0 Å². The Kier molecular flexibility index (Phi) is 5.96. The van der Waals surface area contributed by atoms with Gasteiger partial charge in [-0.25, -0.2) is 0 Å². The van der Waals surface area contributed by atoms with Crippen molar-refractivity contribution in [1.29, 1.82) is 0 Å². The van der Waals surface area contributed by atoms with Crippen LogP contribution in [0.4, 0.5) is 17.1 Å². The number of anilines is 3. The highest BCUT2D eigenvalue weighted by Crippen LogP contribution is 2.45. The molecule has 0 amide bonds. The molecule has 0 bridgehead atoms. The molecule has 0 aliphatic heterocycles. The van der Waals surface area contributed by atoms with E-state index in [1.54, 1.807) is 0 Å². The van der Waals surface area contributed by atoms with Crippen molar-refractivity contribution in [3.63, 3.8) is 0 Å². The Morgan fingerprint density at radius 2 is 0.863 bits per heavy atom. The van der Waals surface area contributed by atoms with Gasteiger partial charge in [0.25, 0.3) is 0 Å². The molecule has 11 aromatic rings. The number of hydrogen-bond acceptors (Lipinski definition) is 3. The summed E-state index contributed by atoms with van der Waals surface area (Å²) in [5, 5.41) is 11.8. The molecule has 0 N–H and O–H groups in total. The van der Waals surface area contributed by atoms with Gasteiger partial charge in [0.05, 0.1) is 5.69 Å². The average Bonchev–Trinajstić information content (AvgIpc) is 3.75. The summed E-state index contributed by atoms with van der Waals surface area (Å²) in [6.07, 6.45) is 0. The first kappa shape index (κ1) is 28.0. The van der Waals surface area contributed by atoms with Gasteiger partial charge in [0.1, 0.15) is 22.3 Å². The van der Waals surface area contributed by atoms with Crippen LogP contribution < -0.4 is 4.90 Å². The number of furan rings is 2. The molecule has 51 heavy (non-hydrogen) atoms. The quantitative estimate of drug-likeness (QED) is 0.177. The predicted molar refractivity (Wildman–Crippen MR) is 214 cm³/mol. The smallest absolute Gasteiger partial charge is 0.137 e. The highest BCUT2D eigenvalue weighted by atomic mass is 16.3. The fraction of sp³-hybridized carbons (Fsp3) is 0.